The number of nitrogens with one attached hydrogen (secondary N) is 2. The first-order chi connectivity index (χ1) is 20.8. The summed E-state index contributed by atoms with van der Waals surface area (Å²) in [6, 6.07) is 13.0. The zero-order valence-corrected chi connectivity index (χ0v) is 27.5. The van der Waals surface area contributed by atoms with Crippen LogP contribution in [-0.4, -0.2) is 31.3 Å². The number of anilines is 1. The van der Waals surface area contributed by atoms with E-state index in [1.54, 1.807) is 43.0 Å². The smallest absolute Gasteiger partial charge is 0.307 e. The predicted octanol–water partition coefficient (Wildman–Crippen LogP) is 7.31. The molecule has 0 unspecified atom stereocenters. The van der Waals surface area contributed by atoms with Gasteiger partial charge >= 0.3 is 6.03 Å². The number of hydrogen-bond acceptors (Lipinski definition) is 6. The molecular weight excluding hydrogens is 593 g/mol. The molecule has 7 nitrogen and oxygen atoms in total. The van der Waals surface area contributed by atoms with Gasteiger partial charge in [0.15, 0.2) is 0 Å². The molecule has 0 aromatic heterocycles. The Morgan fingerprint density at radius 3 is 2.32 bits per heavy atom. The maximum atomic E-state index is 12.7. The quantitative estimate of drug-likeness (QED) is 0.323. The van der Waals surface area contributed by atoms with Crippen molar-refractivity contribution in [3.8, 4) is 0 Å². The normalized spacial score (nSPS) is 33.0. The van der Waals surface area contributed by atoms with Gasteiger partial charge in [-0.3, -0.25) is 9.59 Å². The third-order valence-corrected chi connectivity index (χ3v) is 14.0. The van der Waals surface area contributed by atoms with Gasteiger partial charge in [0.05, 0.1) is 4.90 Å². The fourth-order valence-corrected chi connectivity index (χ4v) is 11.3. The summed E-state index contributed by atoms with van der Waals surface area (Å²) in [6.07, 6.45) is 8.69. The summed E-state index contributed by atoms with van der Waals surface area (Å²) >= 11 is 1.80. The highest BCUT2D eigenvalue weighted by atomic mass is 32.2. The van der Waals surface area contributed by atoms with Crippen LogP contribution in [0.2, 0.25) is 0 Å². The molecule has 0 saturated heterocycles. The Labute approximate surface area is 265 Å². The number of ketones is 2. The van der Waals surface area contributed by atoms with Crippen LogP contribution in [0.1, 0.15) is 71.3 Å². The number of sulfonamides is 1. The lowest BCUT2D eigenvalue weighted by atomic mass is 9.47. The van der Waals surface area contributed by atoms with Gasteiger partial charge in [0, 0.05) is 34.6 Å². The number of urea groups is 1. The molecule has 4 aliphatic carbocycles. The summed E-state index contributed by atoms with van der Waals surface area (Å²) in [6.45, 7) is 8.36. The highest BCUT2D eigenvalue weighted by molar-refractivity contribution is 8.00. The number of Topliss-reactive ketones (excluding diaryl/α,β-unsaturated/α-hetero) is 2. The molecule has 2 amide bonds. The van der Waals surface area contributed by atoms with Crippen molar-refractivity contribution in [1.82, 2.24) is 4.72 Å². The molecule has 2 aromatic carbocycles. The van der Waals surface area contributed by atoms with Gasteiger partial charge in [-0.25, -0.2) is 17.9 Å². The zero-order chi connectivity index (χ0) is 31.4. The minimum absolute atomic E-state index is 0.0120. The molecule has 2 N–H and O–H groups in total. The minimum atomic E-state index is -3.99. The molecular formula is C35H42N2O5S2. The number of hydrogen-bond donors (Lipinski definition) is 2. The van der Waals surface area contributed by atoms with Crippen molar-refractivity contribution in [2.75, 3.05) is 5.32 Å². The molecule has 7 atom stereocenters. The van der Waals surface area contributed by atoms with Crippen LogP contribution in [0.25, 0.3) is 0 Å². The van der Waals surface area contributed by atoms with Gasteiger partial charge in [-0.1, -0.05) is 43.2 Å². The first-order valence-corrected chi connectivity index (χ1v) is 18.1. The maximum Gasteiger partial charge on any atom is 0.333 e. The van der Waals surface area contributed by atoms with Crippen LogP contribution < -0.4 is 10.0 Å². The number of aryl methyl sites for hydroxylation is 1. The monoisotopic (exact) mass is 634 g/mol. The number of fused-ring (bicyclic) bond motifs is 5. The average Bonchev–Trinajstić information content (AvgIpc) is 3.32. The van der Waals surface area contributed by atoms with E-state index in [0.29, 0.717) is 47.8 Å². The average molecular weight is 635 g/mol. The van der Waals surface area contributed by atoms with E-state index >= 15 is 0 Å². The molecule has 0 spiro atoms. The van der Waals surface area contributed by atoms with Crippen molar-refractivity contribution in [3.63, 3.8) is 0 Å². The molecule has 234 valence electrons. The Balaban J connectivity index is 1.21. The molecule has 0 aliphatic heterocycles. The van der Waals surface area contributed by atoms with Gasteiger partial charge in [-0.05, 0) is 111 Å². The van der Waals surface area contributed by atoms with Crippen molar-refractivity contribution in [1.29, 1.82) is 0 Å². The van der Waals surface area contributed by atoms with Gasteiger partial charge in [-0.15, -0.1) is 11.8 Å². The van der Waals surface area contributed by atoms with E-state index in [1.165, 1.54) is 17.7 Å². The highest BCUT2D eigenvalue weighted by Crippen LogP contribution is 2.67. The van der Waals surface area contributed by atoms with E-state index in [4.69, 9.17) is 0 Å². The van der Waals surface area contributed by atoms with Crippen LogP contribution in [0.4, 0.5) is 10.5 Å². The van der Waals surface area contributed by atoms with Crippen molar-refractivity contribution in [3.05, 3.63) is 65.7 Å². The lowest BCUT2D eigenvalue weighted by Gasteiger charge is -2.59. The topological polar surface area (TPSA) is 109 Å². The third-order valence-electron chi connectivity index (χ3n) is 11.4. The fourth-order valence-electron chi connectivity index (χ4n) is 9.05. The van der Waals surface area contributed by atoms with Crippen molar-refractivity contribution < 1.29 is 22.8 Å². The number of carbonyl (C=O) groups is 3. The largest absolute Gasteiger partial charge is 0.333 e. The number of thioether (sulfide) groups is 1. The molecule has 4 aliphatic rings. The molecule has 3 saturated carbocycles. The van der Waals surface area contributed by atoms with Gasteiger partial charge in [0.25, 0.3) is 10.0 Å². The van der Waals surface area contributed by atoms with E-state index in [-0.39, 0.29) is 26.9 Å². The number of allylic oxidation sites excluding steroid dienone is 1. The van der Waals surface area contributed by atoms with E-state index < -0.39 is 16.1 Å². The van der Waals surface area contributed by atoms with Crippen molar-refractivity contribution in [2.24, 2.45) is 34.5 Å². The maximum absolute atomic E-state index is 12.7. The summed E-state index contributed by atoms with van der Waals surface area (Å²) in [5, 5.41) is 2.82. The Kier molecular flexibility index (Phi) is 8.10. The molecule has 0 radical (unpaired) electrons. The lowest BCUT2D eigenvalue weighted by Crippen LogP contribution is -2.54. The lowest BCUT2D eigenvalue weighted by molar-refractivity contribution is -0.128. The second kappa shape index (κ2) is 11.5. The van der Waals surface area contributed by atoms with Gasteiger partial charge in [-0.2, -0.15) is 0 Å². The minimum Gasteiger partial charge on any atom is -0.307 e. The van der Waals surface area contributed by atoms with Crippen LogP contribution in [0.5, 0.6) is 0 Å². The van der Waals surface area contributed by atoms with E-state index in [9.17, 15) is 22.8 Å². The number of carbonyl (C=O) groups excluding carboxylic acids is 3. The first-order valence-electron chi connectivity index (χ1n) is 15.7. The zero-order valence-electron chi connectivity index (χ0n) is 25.9. The Bertz CT molecular complexity index is 1620. The Morgan fingerprint density at radius 2 is 1.64 bits per heavy atom. The standard InChI is InChI=1S/C35H42N2O5S2/c1-21-5-11-27(12-6-21)44(41,42)37-33(40)36-24-7-9-26(10-8-24)43-31-20-23-19-25(39)15-17-34(23,3)30-16-18-35(4)28(22(2)38)13-14-29(35)32(30)31/h5-12,20,28-32H,13-19H2,1-4H3,(H2,36,37,40)/t28-,29+,30+,31-,32+,34+,35-/m1/s1. The second-order valence-corrected chi connectivity index (χ2v) is 16.8. The van der Waals surface area contributed by atoms with Gasteiger partial charge < -0.3 is 5.32 Å². The Morgan fingerprint density at radius 1 is 0.932 bits per heavy atom. The van der Waals surface area contributed by atoms with Crippen molar-refractivity contribution >= 4 is 45.1 Å². The number of benzene rings is 2. The molecule has 9 heteroatoms. The molecule has 3 fully saturated rings. The molecule has 0 bridgehead atoms. The summed E-state index contributed by atoms with van der Waals surface area (Å²) in [7, 11) is -3.99. The first kappa shape index (κ1) is 31.1. The van der Waals surface area contributed by atoms with Crippen LogP contribution >= 0.6 is 11.8 Å². The summed E-state index contributed by atoms with van der Waals surface area (Å²) in [5.41, 5.74) is 2.75. The Hall–Kier alpha value is -2.91. The SMILES string of the molecule is CC(=O)[C@H]1CC[C@H]2[C@@H]3[C@H](Sc4ccc(NC(=O)NS(=O)(=O)c5ccc(C)cc5)cc4)C=C4CC(=O)CC[C@]4(C)[C@H]3CC[C@]12C. The fraction of sp³-hybridized carbons (Fsp3) is 0.514. The molecule has 0 heterocycles. The van der Waals surface area contributed by atoms with Gasteiger partial charge in [0.2, 0.25) is 0 Å². The van der Waals surface area contributed by atoms with Crippen molar-refractivity contribution in [2.45, 2.75) is 87.7 Å². The number of rotatable bonds is 6. The van der Waals surface area contributed by atoms with Crippen LogP contribution in [0, 0.1) is 41.4 Å². The van der Waals surface area contributed by atoms with Crippen LogP contribution in [0.3, 0.4) is 0 Å². The van der Waals surface area contributed by atoms with E-state index in [0.717, 1.165) is 42.6 Å². The summed E-state index contributed by atoms with van der Waals surface area (Å²) < 4.78 is 27.3. The second-order valence-electron chi connectivity index (χ2n) is 13.9. The number of amides is 2. The molecule has 6 rings (SSSR count). The predicted molar refractivity (Wildman–Crippen MR) is 173 cm³/mol. The van der Waals surface area contributed by atoms with Gasteiger partial charge in [0.1, 0.15) is 11.6 Å². The molecule has 44 heavy (non-hydrogen) atoms. The summed E-state index contributed by atoms with van der Waals surface area (Å²) in [5.74, 6) is 2.12. The van der Waals surface area contributed by atoms with E-state index in [1.807, 2.05) is 19.1 Å². The van der Waals surface area contributed by atoms with E-state index in [2.05, 4.69) is 30.0 Å². The van der Waals surface area contributed by atoms with Crippen LogP contribution in [-0.2, 0) is 19.6 Å². The molecule has 2 aromatic rings. The summed E-state index contributed by atoms with van der Waals surface area (Å²) in [4.78, 5) is 38.9. The third kappa shape index (κ3) is 5.55. The van der Waals surface area contributed by atoms with Crippen LogP contribution in [0.15, 0.2) is 70.0 Å². The highest BCUT2D eigenvalue weighted by Gasteiger charge is 2.61.